The van der Waals surface area contributed by atoms with E-state index in [-0.39, 0.29) is 23.9 Å². The molecular weight excluding hydrogens is 499 g/mol. The predicted molar refractivity (Wildman–Crippen MR) is 139 cm³/mol. The van der Waals surface area contributed by atoms with Crippen molar-refractivity contribution in [3.8, 4) is 0 Å². The minimum Gasteiger partial charge on any atom is -0.475 e. The molecule has 38 heavy (non-hydrogen) atoms. The Hall–Kier alpha value is -3.92. The molecule has 1 saturated heterocycles. The van der Waals surface area contributed by atoms with Crippen molar-refractivity contribution < 1.29 is 32.7 Å². The number of rotatable bonds is 5. The number of piperidine rings is 1. The second-order valence-corrected chi connectivity index (χ2v) is 9.09. The summed E-state index contributed by atoms with van der Waals surface area (Å²) in [6.07, 6.45) is -2.08. The molecule has 0 saturated carbocycles. The molecule has 0 unspecified atom stereocenters. The molecule has 7 nitrogen and oxygen atoms in total. The topological polar surface area (TPSA) is 108 Å². The van der Waals surface area contributed by atoms with Crippen molar-refractivity contribution in [2.45, 2.75) is 51.4 Å². The fourth-order valence-electron chi connectivity index (χ4n) is 4.23. The van der Waals surface area contributed by atoms with E-state index in [1.165, 1.54) is 0 Å². The number of hydrogen-bond acceptors (Lipinski definition) is 4. The Morgan fingerprint density at radius 1 is 1.03 bits per heavy atom. The summed E-state index contributed by atoms with van der Waals surface area (Å²) in [7, 11) is 0. The van der Waals surface area contributed by atoms with Crippen LogP contribution >= 0.6 is 0 Å². The van der Waals surface area contributed by atoms with Crippen molar-refractivity contribution in [1.82, 2.24) is 10.6 Å². The lowest BCUT2D eigenvalue weighted by atomic mass is 9.99. The lowest BCUT2D eigenvalue weighted by molar-refractivity contribution is -0.192. The first-order valence-electron chi connectivity index (χ1n) is 12.2. The van der Waals surface area contributed by atoms with E-state index in [1.54, 1.807) is 6.07 Å². The SMILES string of the molecule is Cc1ccc(NC(=O)[C@H]2CCCCN2)cc1C(=O)N[C@H](C)c1cccc2ccccc12.O=C(O)C(F)(F)F. The summed E-state index contributed by atoms with van der Waals surface area (Å²) < 4.78 is 31.7. The fraction of sp³-hybridized carbons (Fsp3) is 0.321. The van der Waals surface area contributed by atoms with Crippen LogP contribution in [0, 0.1) is 6.92 Å². The molecule has 1 heterocycles. The fourth-order valence-corrected chi connectivity index (χ4v) is 4.23. The van der Waals surface area contributed by atoms with Crippen molar-refractivity contribution in [3.05, 3.63) is 77.4 Å². The van der Waals surface area contributed by atoms with Crippen LogP contribution in [0.4, 0.5) is 18.9 Å². The lowest BCUT2D eigenvalue weighted by Gasteiger charge is -2.23. The van der Waals surface area contributed by atoms with Gasteiger partial charge in [0.15, 0.2) is 0 Å². The summed E-state index contributed by atoms with van der Waals surface area (Å²) >= 11 is 0. The van der Waals surface area contributed by atoms with Crippen molar-refractivity contribution in [1.29, 1.82) is 0 Å². The number of aliphatic carboxylic acids is 1. The molecule has 10 heteroatoms. The van der Waals surface area contributed by atoms with E-state index in [4.69, 9.17) is 9.90 Å². The van der Waals surface area contributed by atoms with Gasteiger partial charge in [0.25, 0.3) is 5.91 Å². The molecule has 2 atom stereocenters. The average Bonchev–Trinajstić information content (AvgIpc) is 2.89. The third-order valence-electron chi connectivity index (χ3n) is 6.26. The van der Waals surface area contributed by atoms with Crippen LogP contribution < -0.4 is 16.0 Å². The van der Waals surface area contributed by atoms with Crippen LogP contribution in [0.1, 0.15) is 53.7 Å². The van der Waals surface area contributed by atoms with Crippen LogP contribution in [0.5, 0.6) is 0 Å². The first-order chi connectivity index (χ1) is 18.0. The van der Waals surface area contributed by atoms with Crippen molar-refractivity contribution in [3.63, 3.8) is 0 Å². The Morgan fingerprint density at radius 3 is 2.37 bits per heavy atom. The molecule has 2 amide bonds. The number of aryl methyl sites for hydroxylation is 1. The zero-order valence-electron chi connectivity index (χ0n) is 21.1. The van der Waals surface area contributed by atoms with Gasteiger partial charge in [0.2, 0.25) is 5.91 Å². The van der Waals surface area contributed by atoms with Crippen LogP contribution in [0.2, 0.25) is 0 Å². The minimum atomic E-state index is -5.08. The monoisotopic (exact) mass is 529 g/mol. The quantitative estimate of drug-likeness (QED) is 0.356. The molecule has 0 bridgehead atoms. The normalized spacial score (nSPS) is 16.1. The number of carboxylic acids is 1. The summed E-state index contributed by atoms with van der Waals surface area (Å²) in [5.41, 5.74) is 3.17. The summed E-state index contributed by atoms with van der Waals surface area (Å²) in [4.78, 5) is 34.5. The predicted octanol–water partition coefficient (Wildman–Crippen LogP) is 5.35. The van der Waals surface area contributed by atoms with Gasteiger partial charge in [-0.3, -0.25) is 9.59 Å². The van der Waals surface area contributed by atoms with Crippen LogP contribution in [0.15, 0.2) is 60.7 Å². The highest BCUT2D eigenvalue weighted by molar-refractivity contribution is 6.00. The average molecular weight is 530 g/mol. The number of amides is 2. The van der Waals surface area contributed by atoms with Crippen LogP contribution in [-0.4, -0.2) is 41.7 Å². The lowest BCUT2D eigenvalue weighted by Crippen LogP contribution is -2.43. The van der Waals surface area contributed by atoms with Gasteiger partial charge >= 0.3 is 12.1 Å². The first kappa shape index (κ1) is 28.6. The van der Waals surface area contributed by atoms with E-state index < -0.39 is 12.1 Å². The van der Waals surface area contributed by atoms with E-state index in [2.05, 4.69) is 34.1 Å². The van der Waals surface area contributed by atoms with Gasteiger partial charge in [-0.25, -0.2) is 4.79 Å². The number of hydrogen-bond donors (Lipinski definition) is 4. The zero-order chi connectivity index (χ0) is 27.9. The minimum absolute atomic E-state index is 0.0426. The van der Waals surface area contributed by atoms with Crippen LogP contribution in [-0.2, 0) is 9.59 Å². The third-order valence-corrected chi connectivity index (χ3v) is 6.26. The van der Waals surface area contributed by atoms with Gasteiger partial charge in [-0.1, -0.05) is 55.0 Å². The number of carboxylic acid groups (broad SMARTS) is 1. The molecular formula is C28H30F3N3O4. The summed E-state index contributed by atoms with van der Waals surface area (Å²) in [5.74, 6) is -2.95. The largest absolute Gasteiger partial charge is 0.490 e. The van der Waals surface area contributed by atoms with Crippen LogP contribution in [0.3, 0.4) is 0 Å². The van der Waals surface area contributed by atoms with E-state index in [1.807, 2.05) is 50.2 Å². The summed E-state index contributed by atoms with van der Waals surface area (Å²) in [5, 5.41) is 18.8. The molecule has 3 aromatic rings. The number of carbonyl (C=O) groups excluding carboxylic acids is 2. The van der Waals surface area contributed by atoms with Crippen molar-refractivity contribution in [2.24, 2.45) is 0 Å². The number of fused-ring (bicyclic) bond motifs is 1. The van der Waals surface area contributed by atoms with Gasteiger partial charge in [-0.05, 0) is 67.3 Å². The molecule has 1 fully saturated rings. The molecule has 0 radical (unpaired) electrons. The van der Waals surface area contributed by atoms with E-state index in [0.29, 0.717) is 11.3 Å². The maximum atomic E-state index is 13.1. The molecule has 0 aromatic heterocycles. The molecule has 4 N–H and O–H groups in total. The highest BCUT2D eigenvalue weighted by Gasteiger charge is 2.38. The number of nitrogens with one attached hydrogen (secondary N) is 3. The first-order valence-corrected chi connectivity index (χ1v) is 12.2. The molecule has 4 rings (SSSR count). The van der Waals surface area contributed by atoms with E-state index >= 15 is 0 Å². The van der Waals surface area contributed by atoms with Gasteiger partial charge in [0, 0.05) is 11.3 Å². The van der Waals surface area contributed by atoms with E-state index in [0.717, 1.165) is 47.7 Å². The second kappa shape index (κ2) is 12.6. The smallest absolute Gasteiger partial charge is 0.475 e. The number of alkyl halides is 3. The van der Waals surface area contributed by atoms with Crippen LogP contribution in [0.25, 0.3) is 10.8 Å². The van der Waals surface area contributed by atoms with Crippen molar-refractivity contribution in [2.75, 3.05) is 11.9 Å². The Morgan fingerprint density at radius 2 is 1.71 bits per heavy atom. The summed E-state index contributed by atoms with van der Waals surface area (Å²) in [6.45, 7) is 4.77. The van der Waals surface area contributed by atoms with Crippen molar-refractivity contribution >= 4 is 34.2 Å². The third kappa shape index (κ3) is 7.55. The number of anilines is 1. The maximum Gasteiger partial charge on any atom is 0.490 e. The Bertz CT molecular complexity index is 1300. The Kier molecular flexibility index (Phi) is 9.46. The van der Waals surface area contributed by atoms with Gasteiger partial charge in [-0.15, -0.1) is 0 Å². The second-order valence-electron chi connectivity index (χ2n) is 9.09. The highest BCUT2D eigenvalue weighted by Crippen LogP contribution is 2.25. The molecule has 0 aliphatic carbocycles. The molecule has 1 aliphatic rings. The standard InChI is InChI=1S/C26H29N3O2.C2HF3O2/c1-17-13-14-20(29-26(31)24-12-5-6-15-27-24)16-23(17)25(30)28-18(2)21-11-7-9-19-8-3-4-10-22(19)21;3-2(4,5)1(6)7/h3-4,7-11,13-14,16,18,24,27H,5-6,12,15H2,1-2H3,(H,28,30)(H,29,31);(H,6,7)/t18-,24-;/m1./s1. The van der Waals surface area contributed by atoms with Gasteiger partial charge in [-0.2, -0.15) is 13.2 Å². The molecule has 1 aliphatic heterocycles. The number of halogens is 3. The van der Waals surface area contributed by atoms with E-state index in [9.17, 15) is 22.8 Å². The molecule has 202 valence electrons. The molecule has 3 aromatic carbocycles. The molecule has 0 spiro atoms. The number of carbonyl (C=O) groups is 3. The Balaban J connectivity index is 0.000000505. The Labute approximate surface area is 218 Å². The zero-order valence-corrected chi connectivity index (χ0v) is 21.1. The number of benzene rings is 3. The van der Waals surface area contributed by atoms with Gasteiger partial charge in [0.05, 0.1) is 12.1 Å². The van der Waals surface area contributed by atoms with Gasteiger partial charge < -0.3 is 21.1 Å². The highest BCUT2D eigenvalue weighted by atomic mass is 19.4. The summed E-state index contributed by atoms with van der Waals surface area (Å²) in [6, 6.07) is 19.5. The van der Waals surface area contributed by atoms with Gasteiger partial charge in [0.1, 0.15) is 0 Å². The maximum absolute atomic E-state index is 13.1.